The summed E-state index contributed by atoms with van der Waals surface area (Å²) in [5.74, 6) is 0.524. The third kappa shape index (κ3) is 4.24. The Bertz CT molecular complexity index is 1100. The van der Waals surface area contributed by atoms with E-state index in [0.717, 1.165) is 21.5 Å². The zero-order valence-corrected chi connectivity index (χ0v) is 20.3. The monoisotopic (exact) mass is 504 g/mol. The molecule has 0 amide bonds. The van der Waals surface area contributed by atoms with Gasteiger partial charge in [0.25, 0.3) is 5.56 Å². The smallest absolute Gasteiger partial charge is 0.264 e. The minimum atomic E-state index is -0.394. The van der Waals surface area contributed by atoms with E-state index in [1.54, 1.807) is 4.52 Å². The zero-order chi connectivity index (χ0) is 17.4. The van der Waals surface area contributed by atoms with Gasteiger partial charge < -0.3 is 20.1 Å². The number of fused-ring (bicyclic) bond motifs is 2. The third-order valence-corrected chi connectivity index (χ3v) is 3.73. The van der Waals surface area contributed by atoms with E-state index in [4.69, 9.17) is 5.11 Å². The average molecular weight is 504 g/mol. The first-order valence-electron chi connectivity index (χ1n) is 7.01. The van der Waals surface area contributed by atoms with Gasteiger partial charge in [-0.25, -0.2) is 0 Å². The van der Waals surface area contributed by atoms with E-state index in [9.17, 15) is 4.79 Å². The van der Waals surface area contributed by atoms with Crippen LogP contribution in [-0.4, -0.2) is 44.3 Å². The van der Waals surface area contributed by atoms with Crippen LogP contribution in [0.3, 0.4) is 0 Å². The van der Waals surface area contributed by atoms with Crippen molar-refractivity contribution >= 4 is 11.6 Å². The van der Waals surface area contributed by atoms with Crippen LogP contribution in [0.25, 0.3) is 11.6 Å². The van der Waals surface area contributed by atoms with Crippen LogP contribution < -0.4 is 5.56 Å². The molecule has 2 N–H and O–H groups in total. The quantitative estimate of drug-likeness (QED) is 0.325. The molecule has 2 radical (unpaired) electrons. The molecule has 0 bridgehead atoms. The van der Waals surface area contributed by atoms with Gasteiger partial charge in [-0.1, -0.05) is 0 Å². The molecule has 4 aromatic rings. The zero-order valence-electron chi connectivity index (χ0n) is 14.6. The molecule has 10 nitrogen and oxygen atoms in total. The van der Waals surface area contributed by atoms with Gasteiger partial charge in [0.1, 0.15) is 0 Å². The molecule has 12 heteroatoms. The van der Waals surface area contributed by atoms with Crippen molar-refractivity contribution in [2.75, 3.05) is 0 Å². The number of nitrogens with one attached hydrogen (secondary N) is 1. The number of hydrogen-bond donors (Lipinski definition) is 2. The van der Waals surface area contributed by atoms with E-state index in [-0.39, 0.29) is 82.6 Å². The molecule has 0 aliphatic carbocycles. The summed E-state index contributed by atoms with van der Waals surface area (Å²) in [6, 6.07) is 0. The molecule has 0 aliphatic rings. The molecule has 0 unspecified atom stereocenters. The maximum atomic E-state index is 11.3. The first kappa shape index (κ1) is 22.9. The molecule has 4 heterocycles. The summed E-state index contributed by atoms with van der Waals surface area (Å²) in [6.45, 7) is 7.47. The van der Waals surface area contributed by atoms with E-state index in [0.29, 0.717) is 5.78 Å². The Morgan fingerprint density at radius 1 is 1.00 bits per heavy atom. The summed E-state index contributed by atoms with van der Waals surface area (Å²) in [7, 11) is 0. The van der Waals surface area contributed by atoms with Crippen molar-refractivity contribution in [3.05, 3.63) is 45.5 Å². The predicted molar refractivity (Wildman–Crippen MR) is 82.7 cm³/mol. The van der Waals surface area contributed by atoms with Crippen LogP contribution in [0.2, 0.25) is 0 Å². The normalized spacial score (nSPS) is 10.0. The summed E-state index contributed by atoms with van der Waals surface area (Å²) < 4.78 is 2.73. The Kier molecular flexibility index (Phi) is 8.13. The fourth-order valence-corrected chi connectivity index (χ4v) is 2.04. The van der Waals surface area contributed by atoms with Gasteiger partial charge in [0.2, 0.25) is 5.88 Å². The topological polar surface area (TPSA) is 126 Å². The molecule has 0 fully saturated rings. The molecule has 4 rings (SSSR count). The molecule has 0 saturated carbocycles. The van der Waals surface area contributed by atoms with E-state index >= 15 is 0 Å². The average Bonchev–Trinajstić information content (AvgIpc) is 3.20. The van der Waals surface area contributed by atoms with E-state index in [1.807, 2.05) is 20.8 Å². The van der Waals surface area contributed by atoms with E-state index < -0.39 is 5.56 Å². The molecule has 0 aliphatic heterocycles. The van der Waals surface area contributed by atoms with Crippen LogP contribution in [0.1, 0.15) is 22.5 Å². The second kappa shape index (κ2) is 9.21. The van der Waals surface area contributed by atoms with Crippen molar-refractivity contribution in [2.45, 2.75) is 27.7 Å². The van der Waals surface area contributed by atoms with Crippen molar-refractivity contribution < 1.29 is 70.5 Å². The molecular weight excluding hydrogens is 490 g/mol. The first-order valence-corrected chi connectivity index (χ1v) is 7.01. The van der Waals surface area contributed by atoms with E-state index in [2.05, 4.69) is 42.8 Å². The van der Waals surface area contributed by atoms with Crippen molar-refractivity contribution in [1.29, 1.82) is 0 Å². The summed E-state index contributed by atoms with van der Waals surface area (Å²) in [4.78, 5) is 25.6. The standard InChI is InChI=1S/C8H9N4.C6H5N4O2.2Y/c1-5-6(2)11-8-9-4-10-12(8)7(5)3;1-3-4(11)9-6-7-2-8-10(6)5(3)12;;/h1-3H3;11H,1H3,(H,7,8,9);;/q2*-1;;. The van der Waals surface area contributed by atoms with Crippen molar-refractivity contribution in [2.24, 2.45) is 0 Å². The minimum Gasteiger partial charge on any atom is -0.494 e. The Morgan fingerprint density at radius 2 is 1.69 bits per heavy atom. The molecule has 26 heavy (non-hydrogen) atoms. The molecule has 130 valence electrons. The molecule has 4 aromatic heterocycles. The largest absolute Gasteiger partial charge is 0.494 e. The number of aromatic amines is 1. The summed E-state index contributed by atoms with van der Waals surface area (Å²) in [6.07, 6.45) is 4.88. The van der Waals surface area contributed by atoms with Crippen LogP contribution in [0.4, 0.5) is 0 Å². The van der Waals surface area contributed by atoms with E-state index in [1.165, 1.54) is 6.92 Å². The van der Waals surface area contributed by atoms with Gasteiger partial charge in [-0.15, -0.1) is 0 Å². The van der Waals surface area contributed by atoms with Crippen LogP contribution in [0.5, 0.6) is 5.88 Å². The van der Waals surface area contributed by atoms with Crippen LogP contribution >= 0.6 is 0 Å². The van der Waals surface area contributed by atoms with Crippen LogP contribution in [-0.2, 0) is 65.4 Å². The van der Waals surface area contributed by atoms with Gasteiger partial charge in [-0.3, -0.25) is 29.0 Å². The second-order valence-corrected chi connectivity index (χ2v) is 5.17. The molecule has 0 saturated heterocycles. The fourth-order valence-electron chi connectivity index (χ4n) is 2.04. The Hall–Kier alpha value is -1.09. The van der Waals surface area contributed by atoms with Crippen molar-refractivity contribution in [1.82, 2.24) is 39.2 Å². The van der Waals surface area contributed by atoms with Crippen LogP contribution in [0, 0.1) is 40.3 Å². The van der Waals surface area contributed by atoms with Gasteiger partial charge in [-0.05, 0) is 45.9 Å². The second-order valence-electron chi connectivity index (χ2n) is 5.17. The number of aryl methyl sites for hydroxylation is 2. The Labute approximate surface area is 198 Å². The molecular formula is C14H14N8O2Y2-2. The van der Waals surface area contributed by atoms with Gasteiger partial charge in [-0.2, -0.15) is 0 Å². The van der Waals surface area contributed by atoms with Gasteiger partial charge >= 0.3 is 0 Å². The maximum Gasteiger partial charge on any atom is 0.264 e. The SMILES string of the molecule is Cc1c(O)nc2[nH][c-]nn2c1=O.Cc1nc2n[c-]nn2c(C)c1C.[Y].[Y]. The number of aromatic nitrogens is 8. The van der Waals surface area contributed by atoms with Gasteiger partial charge in [0.05, 0.1) is 17.1 Å². The van der Waals surface area contributed by atoms with Gasteiger partial charge in [0, 0.05) is 76.8 Å². The number of aromatic hydroxyl groups is 1. The number of H-pyrrole nitrogens is 1. The molecule has 0 aromatic carbocycles. The summed E-state index contributed by atoms with van der Waals surface area (Å²) in [5, 5.41) is 16.6. The number of hydrogen-bond acceptors (Lipinski definition) is 7. The first-order chi connectivity index (χ1) is 11.4. The fraction of sp³-hybridized carbons (Fsp3) is 0.286. The Balaban J connectivity index is 0.000000241. The number of nitrogens with zero attached hydrogens (tertiary/aromatic N) is 7. The minimum absolute atomic E-state index is 0. The van der Waals surface area contributed by atoms with Crippen LogP contribution in [0.15, 0.2) is 4.79 Å². The Morgan fingerprint density at radius 3 is 2.38 bits per heavy atom. The van der Waals surface area contributed by atoms with Crippen molar-refractivity contribution in [3.8, 4) is 5.88 Å². The number of rotatable bonds is 0. The maximum absolute atomic E-state index is 11.3. The predicted octanol–water partition coefficient (Wildman–Crippen LogP) is 0.0766. The van der Waals surface area contributed by atoms with Crippen molar-refractivity contribution in [3.63, 3.8) is 0 Å². The third-order valence-electron chi connectivity index (χ3n) is 3.73. The molecule has 0 spiro atoms. The summed E-state index contributed by atoms with van der Waals surface area (Å²) in [5.41, 5.74) is 3.01. The summed E-state index contributed by atoms with van der Waals surface area (Å²) >= 11 is 0. The molecule has 0 atom stereocenters. The van der Waals surface area contributed by atoms with Gasteiger partial charge in [0.15, 0.2) is 0 Å².